The molecule has 2 heterocycles. The van der Waals surface area contributed by atoms with Crippen molar-refractivity contribution >= 4 is 23.6 Å². The number of halogens is 1. The van der Waals surface area contributed by atoms with Crippen LogP contribution in [0.3, 0.4) is 0 Å². The highest BCUT2D eigenvalue weighted by molar-refractivity contribution is 6.19. The molecule has 0 bridgehead atoms. The molecule has 2 amide bonds. The third-order valence-electron chi connectivity index (χ3n) is 4.82. The molecule has 2 saturated heterocycles. The molecule has 6 heteroatoms. The summed E-state index contributed by atoms with van der Waals surface area (Å²) in [4.78, 5) is 28.6. The first-order valence-corrected chi connectivity index (χ1v) is 8.75. The van der Waals surface area contributed by atoms with Gasteiger partial charge in [-0.25, -0.2) is 4.79 Å². The van der Waals surface area contributed by atoms with Crippen molar-refractivity contribution in [2.24, 2.45) is 16.7 Å². The Kier molecular flexibility index (Phi) is 4.66. The lowest BCUT2D eigenvalue weighted by Crippen LogP contribution is -2.44. The summed E-state index contributed by atoms with van der Waals surface area (Å²) in [5.41, 5.74) is -1.08. The Labute approximate surface area is 144 Å². The first-order chi connectivity index (χ1) is 10.4. The molecule has 2 rings (SSSR count). The largest absolute Gasteiger partial charge is 0.444 e. The highest BCUT2D eigenvalue weighted by atomic mass is 35.5. The van der Waals surface area contributed by atoms with Gasteiger partial charge in [0.15, 0.2) is 0 Å². The van der Waals surface area contributed by atoms with Gasteiger partial charge in [0, 0.05) is 43.4 Å². The van der Waals surface area contributed by atoms with E-state index in [1.807, 2.05) is 39.5 Å². The number of hydrogen-bond acceptors (Lipinski definition) is 3. The van der Waals surface area contributed by atoms with E-state index in [4.69, 9.17) is 16.3 Å². The van der Waals surface area contributed by atoms with Gasteiger partial charge >= 0.3 is 6.09 Å². The summed E-state index contributed by atoms with van der Waals surface area (Å²) in [5, 5.41) is 0. The number of nitrogens with zero attached hydrogens (tertiary/aromatic N) is 2. The zero-order chi connectivity index (χ0) is 17.6. The van der Waals surface area contributed by atoms with Gasteiger partial charge in [-0.3, -0.25) is 4.79 Å². The van der Waals surface area contributed by atoms with Crippen molar-refractivity contribution in [1.29, 1.82) is 0 Å². The molecule has 0 aliphatic carbocycles. The topological polar surface area (TPSA) is 49.9 Å². The first-order valence-electron chi connectivity index (χ1n) is 8.21. The van der Waals surface area contributed by atoms with Gasteiger partial charge in [0.1, 0.15) is 5.60 Å². The molecule has 132 valence electrons. The van der Waals surface area contributed by atoms with E-state index in [0.29, 0.717) is 38.0 Å². The van der Waals surface area contributed by atoms with Gasteiger partial charge in [-0.15, -0.1) is 11.6 Å². The van der Waals surface area contributed by atoms with E-state index >= 15 is 0 Å². The minimum absolute atomic E-state index is 0.0606. The number of amides is 2. The smallest absolute Gasteiger partial charge is 0.410 e. The van der Waals surface area contributed by atoms with E-state index in [2.05, 4.69) is 6.92 Å². The van der Waals surface area contributed by atoms with Crippen molar-refractivity contribution in [3.63, 3.8) is 0 Å². The summed E-state index contributed by atoms with van der Waals surface area (Å²) in [7, 11) is 0. The predicted octanol–water partition coefficient (Wildman–Crippen LogP) is 2.97. The molecule has 2 aliphatic heterocycles. The van der Waals surface area contributed by atoms with Gasteiger partial charge in [-0.1, -0.05) is 6.92 Å². The van der Waals surface area contributed by atoms with Crippen molar-refractivity contribution in [3.05, 3.63) is 0 Å². The average Bonchev–Trinajstić information content (AvgIpc) is 2.87. The lowest BCUT2D eigenvalue weighted by molar-refractivity contribution is -0.138. The Morgan fingerprint density at radius 2 is 1.65 bits per heavy atom. The second-order valence-corrected chi connectivity index (χ2v) is 9.18. The second-order valence-electron chi connectivity index (χ2n) is 8.92. The number of likely N-dealkylation sites (tertiary alicyclic amines) is 2. The van der Waals surface area contributed by atoms with Crippen LogP contribution >= 0.6 is 11.6 Å². The Morgan fingerprint density at radius 1 is 1.13 bits per heavy atom. The van der Waals surface area contributed by atoms with E-state index in [-0.39, 0.29) is 17.4 Å². The monoisotopic (exact) mass is 344 g/mol. The van der Waals surface area contributed by atoms with Crippen molar-refractivity contribution < 1.29 is 14.3 Å². The van der Waals surface area contributed by atoms with Gasteiger partial charge in [-0.05, 0) is 34.6 Å². The molecule has 0 radical (unpaired) electrons. The maximum absolute atomic E-state index is 12.6. The van der Waals surface area contributed by atoms with Gasteiger partial charge in [0.05, 0.1) is 5.41 Å². The molecule has 2 unspecified atom stereocenters. The van der Waals surface area contributed by atoms with Gasteiger partial charge in [0.2, 0.25) is 5.91 Å². The molecule has 0 saturated carbocycles. The van der Waals surface area contributed by atoms with Crippen LogP contribution < -0.4 is 0 Å². The molecule has 0 aromatic carbocycles. The van der Waals surface area contributed by atoms with Crippen molar-refractivity contribution in [2.45, 2.75) is 47.1 Å². The summed E-state index contributed by atoms with van der Waals surface area (Å²) in [6.07, 6.45) is -0.257. The van der Waals surface area contributed by atoms with Crippen LogP contribution in [0.2, 0.25) is 0 Å². The zero-order valence-electron chi connectivity index (χ0n) is 15.1. The van der Waals surface area contributed by atoms with Crippen LogP contribution in [0.15, 0.2) is 0 Å². The summed E-state index contributed by atoms with van der Waals surface area (Å²) >= 11 is 5.93. The Balaban J connectivity index is 2.01. The molecule has 0 N–H and O–H groups in total. The molecular weight excluding hydrogens is 316 g/mol. The van der Waals surface area contributed by atoms with Crippen molar-refractivity contribution in [2.75, 3.05) is 32.1 Å². The standard InChI is InChI=1S/C17H29ClN2O3/c1-15(2,3)23-14(22)20-8-12-7-19(10-17(12,6)11-20)13(21)16(4,5)9-18/h12H,7-11H2,1-6H3. The minimum Gasteiger partial charge on any atom is -0.444 e. The average molecular weight is 345 g/mol. The lowest BCUT2D eigenvalue weighted by atomic mass is 9.83. The van der Waals surface area contributed by atoms with Crippen LogP contribution in [0.5, 0.6) is 0 Å². The Hall–Kier alpha value is -0.970. The van der Waals surface area contributed by atoms with E-state index in [9.17, 15) is 9.59 Å². The van der Waals surface area contributed by atoms with Gasteiger partial charge in [0.25, 0.3) is 0 Å². The molecule has 2 atom stereocenters. The van der Waals surface area contributed by atoms with Crippen molar-refractivity contribution in [1.82, 2.24) is 9.80 Å². The lowest BCUT2D eigenvalue weighted by Gasteiger charge is -2.31. The minimum atomic E-state index is -0.540. The number of hydrogen-bond donors (Lipinski definition) is 0. The van der Waals surface area contributed by atoms with Crippen LogP contribution in [0, 0.1) is 16.7 Å². The molecule has 0 aromatic heterocycles. The van der Waals surface area contributed by atoms with Crippen LogP contribution in [0.4, 0.5) is 4.79 Å². The Morgan fingerprint density at radius 3 is 2.13 bits per heavy atom. The van der Waals surface area contributed by atoms with E-state index < -0.39 is 11.0 Å². The maximum atomic E-state index is 12.6. The summed E-state index contributed by atoms with van der Waals surface area (Å²) in [5.74, 6) is 0.713. The first kappa shape index (κ1) is 18.4. The third-order valence-corrected chi connectivity index (χ3v) is 5.49. The highest BCUT2D eigenvalue weighted by Gasteiger charge is 2.53. The molecular formula is C17H29ClN2O3. The quantitative estimate of drug-likeness (QED) is 0.724. The van der Waals surface area contributed by atoms with Crippen molar-refractivity contribution in [3.8, 4) is 0 Å². The number of carbonyl (C=O) groups is 2. The second kappa shape index (κ2) is 5.83. The number of rotatable bonds is 2. The Bertz CT molecular complexity index is 501. The highest BCUT2D eigenvalue weighted by Crippen LogP contribution is 2.43. The number of ether oxygens (including phenoxy) is 1. The summed E-state index contributed by atoms with van der Waals surface area (Å²) in [6, 6.07) is 0. The number of alkyl halides is 1. The van der Waals surface area contributed by atoms with Crippen LogP contribution in [0.1, 0.15) is 41.5 Å². The third kappa shape index (κ3) is 3.76. The fourth-order valence-corrected chi connectivity index (χ4v) is 3.56. The molecule has 0 aromatic rings. The van der Waals surface area contributed by atoms with E-state index in [1.54, 1.807) is 4.90 Å². The van der Waals surface area contributed by atoms with Gasteiger partial charge < -0.3 is 14.5 Å². The molecule has 0 spiro atoms. The van der Waals surface area contributed by atoms with Gasteiger partial charge in [-0.2, -0.15) is 0 Å². The van der Waals surface area contributed by atoms with Crippen LogP contribution in [-0.4, -0.2) is 59.5 Å². The fourth-order valence-electron chi connectivity index (χ4n) is 3.45. The normalized spacial score (nSPS) is 28.0. The molecule has 2 aliphatic rings. The number of carbonyl (C=O) groups excluding carboxylic acids is 2. The molecule has 5 nitrogen and oxygen atoms in total. The van der Waals surface area contributed by atoms with Crippen LogP contribution in [-0.2, 0) is 9.53 Å². The van der Waals surface area contributed by atoms with Crippen LogP contribution in [0.25, 0.3) is 0 Å². The molecule has 2 fully saturated rings. The predicted molar refractivity (Wildman–Crippen MR) is 90.5 cm³/mol. The summed E-state index contributed by atoms with van der Waals surface area (Å²) in [6.45, 7) is 14.2. The maximum Gasteiger partial charge on any atom is 0.410 e. The summed E-state index contributed by atoms with van der Waals surface area (Å²) < 4.78 is 5.47. The fraction of sp³-hybridized carbons (Fsp3) is 0.882. The zero-order valence-corrected chi connectivity index (χ0v) is 15.9. The molecule has 23 heavy (non-hydrogen) atoms. The SMILES string of the molecule is CC(C)(C)OC(=O)N1CC2CN(C(=O)C(C)(C)CCl)CC2(C)C1. The van der Waals surface area contributed by atoms with E-state index in [0.717, 1.165) is 0 Å². The van der Waals surface area contributed by atoms with E-state index in [1.165, 1.54) is 0 Å². The number of fused-ring (bicyclic) bond motifs is 1.